The van der Waals surface area contributed by atoms with Gasteiger partial charge >= 0.3 is 0 Å². The highest BCUT2D eigenvalue weighted by atomic mass is 79.9. The summed E-state index contributed by atoms with van der Waals surface area (Å²) in [6.45, 7) is 5.53. The molecule has 0 aliphatic heterocycles. The molecule has 0 aliphatic carbocycles. The van der Waals surface area contributed by atoms with Gasteiger partial charge in [-0.05, 0) is 81.1 Å². The minimum Gasteiger partial charge on any atom is -0.492 e. The van der Waals surface area contributed by atoms with Crippen molar-refractivity contribution in [3.63, 3.8) is 0 Å². The van der Waals surface area contributed by atoms with Crippen molar-refractivity contribution in [1.29, 1.82) is 0 Å². The van der Waals surface area contributed by atoms with E-state index in [4.69, 9.17) is 4.74 Å². The Morgan fingerprint density at radius 1 is 1.15 bits per heavy atom. The van der Waals surface area contributed by atoms with E-state index in [2.05, 4.69) is 78.4 Å². The molecule has 0 bridgehead atoms. The molecule has 1 heterocycles. The molecule has 26 heavy (non-hydrogen) atoms. The standard InChI is InChI=1S/C19H20Br2N4O/c1-3-26-19-17(20)8-14(9-18(19)21)10-23-13(2)15-4-6-16(7-5-15)25-12-22-11-24-25/h4-9,11-13,23H,3,10H2,1-2H3. The third-order valence-electron chi connectivity index (χ3n) is 4.04. The molecule has 0 aliphatic rings. The SMILES string of the molecule is CCOc1c(Br)cc(CNC(C)c2ccc(-n3cncn3)cc2)cc1Br. The van der Waals surface area contributed by atoms with Crippen LogP contribution in [0.15, 0.2) is 58.0 Å². The monoisotopic (exact) mass is 478 g/mol. The van der Waals surface area contributed by atoms with Crippen LogP contribution in [0.3, 0.4) is 0 Å². The van der Waals surface area contributed by atoms with Crippen molar-refractivity contribution in [2.24, 2.45) is 0 Å². The van der Waals surface area contributed by atoms with Gasteiger partial charge in [0, 0.05) is 12.6 Å². The number of nitrogens with zero attached hydrogens (tertiary/aromatic N) is 3. The van der Waals surface area contributed by atoms with Crippen molar-refractivity contribution in [1.82, 2.24) is 20.1 Å². The van der Waals surface area contributed by atoms with Gasteiger partial charge in [-0.1, -0.05) is 12.1 Å². The van der Waals surface area contributed by atoms with Gasteiger partial charge < -0.3 is 10.1 Å². The number of hydrogen-bond acceptors (Lipinski definition) is 4. The maximum atomic E-state index is 5.63. The van der Waals surface area contributed by atoms with Crippen molar-refractivity contribution in [3.05, 3.63) is 69.1 Å². The molecular formula is C19H20Br2N4O. The van der Waals surface area contributed by atoms with Gasteiger partial charge in [0.1, 0.15) is 18.4 Å². The van der Waals surface area contributed by atoms with Crippen LogP contribution in [0.1, 0.15) is 31.0 Å². The summed E-state index contributed by atoms with van der Waals surface area (Å²) in [4.78, 5) is 3.97. The van der Waals surface area contributed by atoms with Crippen LogP contribution in [0, 0.1) is 0 Å². The van der Waals surface area contributed by atoms with Gasteiger partial charge in [0.25, 0.3) is 0 Å². The fourth-order valence-electron chi connectivity index (χ4n) is 2.64. The molecule has 1 atom stereocenters. The van der Waals surface area contributed by atoms with Crippen molar-refractivity contribution in [3.8, 4) is 11.4 Å². The van der Waals surface area contributed by atoms with E-state index < -0.39 is 0 Å². The fourth-order valence-corrected chi connectivity index (χ4v) is 4.15. The largest absolute Gasteiger partial charge is 0.492 e. The van der Waals surface area contributed by atoms with Gasteiger partial charge in [-0.3, -0.25) is 0 Å². The molecule has 1 aromatic heterocycles. The lowest BCUT2D eigenvalue weighted by molar-refractivity contribution is 0.336. The predicted molar refractivity (Wildman–Crippen MR) is 110 cm³/mol. The number of ether oxygens (including phenoxy) is 1. The quantitative estimate of drug-likeness (QED) is 0.515. The Bertz CT molecular complexity index is 827. The summed E-state index contributed by atoms with van der Waals surface area (Å²) in [6, 6.07) is 12.7. The summed E-state index contributed by atoms with van der Waals surface area (Å²) in [5, 5.41) is 7.70. The molecule has 1 N–H and O–H groups in total. The highest BCUT2D eigenvalue weighted by Gasteiger charge is 2.10. The van der Waals surface area contributed by atoms with Crippen molar-refractivity contribution in [2.75, 3.05) is 6.61 Å². The lowest BCUT2D eigenvalue weighted by Crippen LogP contribution is -2.18. The summed E-state index contributed by atoms with van der Waals surface area (Å²) in [7, 11) is 0. The lowest BCUT2D eigenvalue weighted by Gasteiger charge is -2.16. The molecule has 2 aromatic carbocycles. The average Bonchev–Trinajstić information content (AvgIpc) is 3.17. The van der Waals surface area contributed by atoms with Crippen LogP contribution >= 0.6 is 31.9 Å². The maximum Gasteiger partial charge on any atom is 0.147 e. The number of aromatic nitrogens is 3. The highest BCUT2D eigenvalue weighted by Crippen LogP contribution is 2.34. The van der Waals surface area contributed by atoms with Crippen LogP contribution in [0.25, 0.3) is 5.69 Å². The summed E-state index contributed by atoms with van der Waals surface area (Å²) < 4.78 is 9.29. The van der Waals surface area contributed by atoms with E-state index in [0.29, 0.717) is 6.61 Å². The number of rotatable bonds is 7. The fraction of sp³-hybridized carbons (Fsp3) is 0.263. The number of benzene rings is 2. The molecule has 0 saturated heterocycles. The summed E-state index contributed by atoms with van der Waals surface area (Å²) >= 11 is 7.16. The molecule has 0 radical (unpaired) electrons. The first-order valence-electron chi connectivity index (χ1n) is 8.37. The van der Waals surface area contributed by atoms with Crippen LogP contribution in [-0.4, -0.2) is 21.4 Å². The second-order valence-corrected chi connectivity index (χ2v) is 7.56. The van der Waals surface area contributed by atoms with Crippen molar-refractivity contribution < 1.29 is 4.74 Å². The molecule has 0 fully saturated rings. The molecule has 0 saturated carbocycles. The zero-order valence-electron chi connectivity index (χ0n) is 14.6. The first-order chi connectivity index (χ1) is 12.6. The van der Waals surface area contributed by atoms with Crippen LogP contribution < -0.4 is 10.1 Å². The van der Waals surface area contributed by atoms with E-state index in [9.17, 15) is 0 Å². The Labute approximate surface area is 170 Å². The maximum absolute atomic E-state index is 5.63. The first kappa shape index (κ1) is 19.1. The van der Waals surface area contributed by atoms with Crippen LogP contribution in [0.5, 0.6) is 5.75 Å². The normalized spacial score (nSPS) is 12.2. The molecule has 1 unspecified atom stereocenters. The molecule has 7 heteroatoms. The summed E-state index contributed by atoms with van der Waals surface area (Å²) in [5.74, 6) is 0.841. The van der Waals surface area contributed by atoms with Gasteiger partial charge in [0.05, 0.1) is 21.2 Å². The molecular weight excluding hydrogens is 460 g/mol. The van der Waals surface area contributed by atoms with E-state index in [1.54, 1.807) is 11.0 Å². The molecule has 3 aromatic rings. The van der Waals surface area contributed by atoms with Gasteiger partial charge in [0.15, 0.2) is 0 Å². The predicted octanol–water partition coefficient (Wildman–Crippen LogP) is 5.04. The Balaban J connectivity index is 1.64. The Morgan fingerprint density at radius 2 is 1.85 bits per heavy atom. The molecule has 5 nitrogen and oxygen atoms in total. The van der Waals surface area contributed by atoms with E-state index >= 15 is 0 Å². The zero-order valence-corrected chi connectivity index (χ0v) is 17.8. The Morgan fingerprint density at radius 3 is 2.42 bits per heavy atom. The molecule has 136 valence electrons. The van der Waals surface area contributed by atoms with Crippen LogP contribution in [-0.2, 0) is 6.54 Å². The summed E-state index contributed by atoms with van der Waals surface area (Å²) in [5.41, 5.74) is 3.40. The van der Waals surface area contributed by atoms with Crippen molar-refractivity contribution in [2.45, 2.75) is 26.4 Å². The molecule has 0 spiro atoms. The third kappa shape index (κ3) is 4.52. The Kier molecular flexibility index (Phi) is 6.45. The third-order valence-corrected chi connectivity index (χ3v) is 5.21. The number of nitrogens with one attached hydrogen (secondary N) is 1. The topological polar surface area (TPSA) is 52.0 Å². The van der Waals surface area contributed by atoms with Gasteiger partial charge in [-0.25, -0.2) is 9.67 Å². The first-order valence-corrected chi connectivity index (χ1v) is 9.96. The zero-order chi connectivity index (χ0) is 18.5. The smallest absolute Gasteiger partial charge is 0.147 e. The van der Waals surface area contributed by atoms with Gasteiger partial charge in [-0.15, -0.1) is 0 Å². The highest BCUT2D eigenvalue weighted by molar-refractivity contribution is 9.11. The average molecular weight is 480 g/mol. The van der Waals surface area contributed by atoms with Crippen LogP contribution in [0.2, 0.25) is 0 Å². The minimum atomic E-state index is 0.226. The van der Waals surface area contributed by atoms with Gasteiger partial charge in [-0.2, -0.15) is 5.10 Å². The van der Waals surface area contributed by atoms with Crippen molar-refractivity contribution >= 4 is 31.9 Å². The summed E-state index contributed by atoms with van der Waals surface area (Å²) in [6.07, 6.45) is 3.23. The van der Waals surface area contributed by atoms with E-state index in [1.165, 1.54) is 17.5 Å². The lowest BCUT2D eigenvalue weighted by atomic mass is 10.1. The number of hydrogen-bond donors (Lipinski definition) is 1. The molecule has 3 rings (SSSR count). The van der Waals surface area contributed by atoms with Gasteiger partial charge in [0.2, 0.25) is 0 Å². The minimum absolute atomic E-state index is 0.226. The second-order valence-electron chi connectivity index (χ2n) is 5.86. The van der Waals surface area contributed by atoms with E-state index in [-0.39, 0.29) is 6.04 Å². The Hall–Kier alpha value is -1.70. The van der Waals surface area contributed by atoms with Crippen LogP contribution in [0.4, 0.5) is 0 Å². The number of halogens is 2. The molecule has 0 amide bonds. The van der Waals surface area contributed by atoms with E-state index in [1.807, 2.05) is 19.1 Å². The second kappa shape index (κ2) is 8.79. The van der Waals surface area contributed by atoms with E-state index in [0.717, 1.165) is 26.9 Å².